The zero-order valence-electron chi connectivity index (χ0n) is 13.3. The number of rotatable bonds is 5. The fraction of sp³-hybridized carbons (Fsp3) is 0.611. The number of urea groups is 1. The van der Waals surface area contributed by atoms with Crippen LogP contribution in [0.25, 0.3) is 0 Å². The Bertz CT molecular complexity index is 483. The highest BCUT2D eigenvalue weighted by molar-refractivity contribution is 5.74. The Labute approximate surface area is 132 Å². The van der Waals surface area contributed by atoms with E-state index >= 15 is 0 Å². The molecule has 1 aliphatic carbocycles. The summed E-state index contributed by atoms with van der Waals surface area (Å²) in [7, 11) is 1.75. The number of methoxy groups -OCH3 is 1. The summed E-state index contributed by atoms with van der Waals surface area (Å²) in [5.74, 6) is 1.85. The Hall–Kier alpha value is -1.55. The Morgan fingerprint density at radius 1 is 1.27 bits per heavy atom. The molecule has 1 aliphatic heterocycles. The quantitative estimate of drug-likeness (QED) is 0.908. The topological polar surface area (TPSA) is 41.6 Å². The minimum Gasteiger partial charge on any atom is -0.384 e. The first-order chi connectivity index (χ1) is 10.8. The van der Waals surface area contributed by atoms with Gasteiger partial charge in [0.1, 0.15) is 0 Å². The number of amides is 2. The smallest absolute Gasteiger partial charge is 0.317 e. The highest BCUT2D eigenvalue weighted by Crippen LogP contribution is 2.46. The van der Waals surface area contributed by atoms with Crippen molar-refractivity contribution in [3.63, 3.8) is 0 Å². The van der Waals surface area contributed by atoms with Crippen LogP contribution in [0.4, 0.5) is 4.79 Å². The van der Waals surface area contributed by atoms with Gasteiger partial charge in [-0.1, -0.05) is 30.3 Å². The average molecular weight is 302 g/mol. The molecule has 2 atom stereocenters. The molecule has 1 saturated carbocycles. The monoisotopic (exact) mass is 302 g/mol. The fourth-order valence-corrected chi connectivity index (χ4v) is 3.45. The standard InChI is InChI=1S/C18H26N2O2/c1-22-13-14-7-9-20(10-8-14)18(21)19-12-16-11-17(16)15-5-3-2-4-6-15/h2-6,14,16-17H,7-13H2,1H3,(H,19,21)/t16-,17-/m0/s1. The summed E-state index contributed by atoms with van der Waals surface area (Å²) >= 11 is 0. The number of piperidine rings is 1. The molecule has 3 rings (SSSR count). The Balaban J connectivity index is 1.37. The molecular formula is C18H26N2O2. The van der Waals surface area contributed by atoms with Crippen LogP contribution in [0, 0.1) is 11.8 Å². The molecule has 1 aromatic rings. The third-order valence-electron chi connectivity index (χ3n) is 4.97. The van der Waals surface area contributed by atoms with E-state index in [9.17, 15) is 4.79 Å². The zero-order valence-corrected chi connectivity index (χ0v) is 13.3. The van der Waals surface area contributed by atoms with Gasteiger partial charge in [-0.2, -0.15) is 0 Å². The van der Waals surface area contributed by atoms with Crippen LogP contribution in [-0.4, -0.2) is 44.3 Å². The Morgan fingerprint density at radius 2 is 2.00 bits per heavy atom. The fourth-order valence-electron chi connectivity index (χ4n) is 3.45. The highest BCUT2D eigenvalue weighted by atomic mass is 16.5. The van der Waals surface area contributed by atoms with E-state index in [0.29, 0.717) is 17.8 Å². The summed E-state index contributed by atoms with van der Waals surface area (Å²) in [5.41, 5.74) is 1.40. The predicted molar refractivity (Wildman–Crippen MR) is 86.9 cm³/mol. The Morgan fingerprint density at radius 3 is 2.68 bits per heavy atom. The second-order valence-electron chi connectivity index (χ2n) is 6.58. The zero-order chi connectivity index (χ0) is 15.4. The maximum absolute atomic E-state index is 12.2. The van der Waals surface area contributed by atoms with E-state index in [1.165, 1.54) is 12.0 Å². The van der Waals surface area contributed by atoms with Crippen LogP contribution in [0.15, 0.2) is 30.3 Å². The molecule has 0 aromatic heterocycles. The second-order valence-corrected chi connectivity index (χ2v) is 6.58. The number of nitrogens with one attached hydrogen (secondary N) is 1. The van der Waals surface area contributed by atoms with Gasteiger partial charge >= 0.3 is 6.03 Å². The van der Waals surface area contributed by atoms with Gasteiger partial charge in [-0.15, -0.1) is 0 Å². The van der Waals surface area contributed by atoms with Crippen molar-refractivity contribution in [1.82, 2.24) is 10.2 Å². The molecule has 0 unspecified atom stereocenters. The van der Waals surface area contributed by atoms with E-state index in [-0.39, 0.29) is 6.03 Å². The van der Waals surface area contributed by atoms with Gasteiger partial charge in [0.25, 0.3) is 0 Å². The summed E-state index contributed by atoms with van der Waals surface area (Å²) in [6, 6.07) is 10.7. The van der Waals surface area contributed by atoms with Crippen molar-refractivity contribution in [2.24, 2.45) is 11.8 Å². The average Bonchev–Trinajstić information content (AvgIpc) is 3.34. The van der Waals surface area contributed by atoms with Gasteiger partial charge in [0, 0.05) is 33.4 Å². The summed E-state index contributed by atoms with van der Waals surface area (Å²) in [6.45, 7) is 3.33. The molecule has 2 fully saturated rings. The summed E-state index contributed by atoms with van der Waals surface area (Å²) in [5, 5.41) is 3.12. The van der Waals surface area contributed by atoms with Gasteiger partial charge in [0.05, 0.1) is 0 Å². The minimum absolute atomic E-state index is 0.106. The first kappa shape index (κ1) is 15.3. The molecular weight excluding hydrogens is 276 g/mol. The lowest BCUT2D eigenvalue weighted by atomic mass is 9.98. The third-order valence-corrected chi connectivity index (χ3v) is 4.97. The number of likely N-dealkylation sites (tertiary alicyclic amines) is 1. The molecule has 1 heterocycles. The molecule has 1 N–H and O–H groups in total. The molecule has 0 spiro atoms. The molecule has 0 radical (unpaired) electrons. The summed E-state index contributed by atoms with van der Waals surface area (Å²) in [4.78, 5) is 14.2. The van der Waals surface area contributed by atoms with E-state index in [0.717, 1.165) is 39.1 Å². The molecule has 22 heavy (non-hydrogen) atoms. The number of ether oxygens (including phenoxy) is 1. The molecule has 1 saturated heterocycles. The number of hydrogen-bond acceptors (Lipinski definition) is 2. The molecule has 2 amide bonds. The lowest BCUT2D eigenvalue weighted by Gasteiger charge is -2.31. The molecule has 120 valence electrons. The lowest BCUT2D eigenvalue weighted by Crippen LogP contribution is -2.45. The first-order valence-electron chi connectivity index (χ1n) is 8.34. The van der Waals surface area contributed by atoms with E-state index < -0.39 is 0 Å². The number of hydrogen-bond donors (Lipinski definition) is 1. The SMILES string of the molecule is COCC1CCN(C(=O)NC[C@@H]2C[C@H]2c2ccccc2)CC1. The van der Waals surface area contributed by atoms with Crippen LogP contribution in [0.1, 0.15) is 30.7 Å². The van der Waals surface area contributed by atoms with Gasteiger partial charge < -0.3 is 15.0 Å². The van der Waals surface area contributed by atoms with Crippen molar-refractivity contribution in [2.45, 2.75) is 25.2 Å². The van der Waals surface area contributed by atoms with Crippen LogP contribution in [-0.2, 0) is 4.74 Å². The maximum atomic E-state index is 12.2. The van der Waals surface area contributed by atoms with E-state index in [2.05, 4.69) is 35.6 Å². The third kappa shape index (κ3) is 3.80. The maximum Gasteiger partial charge on any atom is 0.317 e. The van der Waals surface area contributed by atoms with Gasteiger partial charge in [0.15, 0.2) is 0 Å². The minimum atomic E-state index is 0.106. The Kier molecular flexibility index (Phi) is 4.98. The largest absolute Gasteiger partial charge is 0.384 e. The van der Waals surface area contributed by atoms with E-state index in [4.69, 9.17) is 4.74 Å². The van der Waals surface area contributed by atoms with Crippen LogP contribution in [0.2, 0.25) is 0 Å². The number of benzene rings is 1. The number of carbonyl (C=O) groups is 1. The first-order valence-corrected chi connectivity index (χ1v) is 8.34. The van der Waals surface area contributed by atoms with Crippen LogP contribution < -0.4 is 5.32 Å². The highest BCUT2D eigenvalue weighted by Gasteiger charge is 2.38. The van der Waals surface area contributed by atoms with E-state index in [1.807, 2.05) is 4.90 Å². The van der Waals surface area contributed by atoms with Gasteiger partial charge in [0.2, 0.25) is 0 Å². The summed E-state index contributed by atoms with van der Waals surface area (Å²) < 4.78 is 5.20. The van der Waals surface area contributed by atoms with Gasteiger partial charge in [-0.25, -0.2) is 4.79 Å². The molecule has 4 heteroatoms. The van der Waals surface area contributed by atoms with Crippen molar-refractivity contribution >= 4 is 6.03 Å². The van der Waals surface area contributed by atoms with Crippen molar-refractivity contribution in [2.75, 3.05) is 33.4 Å². The molecule has 2 aliphatic rings. The van der Waals surface area contributed by atoms with E-state index in [1.54, 1.807) is 7.11 Å². The van der Waals surface area contributed by atoms with Gasteiger partial charge in [-0.05, 0) is 42.6 Å². The number of nitrogens with zero attached hydrogens (tertiary/aromatic N) is 1. The van der Waals surface area contributed by atoms with Gasteiger partial charge in [-0.3, -0.25) is 0 Å². The van der Waals surface area contributed by atoms with Crippen molar-refractivity contribution in [3.8, 4) is 0 Å². The molecule has 0 bridgehead atoms. The second kappa shape index (κ2) is 7.14. The van der Waals surface area contributed by atoms with Crippen molar-refractivity contribution in [3.05, 3.63) is 35.9 Å². The van der Waals surface area contributed by atoms with Crippen LogP contribution in [0.5, 0.6) is 0 Å². The van der Waals surface area contributed by atoms with Crippen molar-refractivity contribution < 1.29 is 9.53 Å². The molecule has 1 aromatic carbocycles. The summed E-state index contributed by atoms with van der Waals surface area (Å²) in [6.07, 6.45) is 3.30. The van der Waals surface area contributed by atoms with Crippen LogP contribution in [0.3, 0.4) is 0 Å². The predicted octanol–water partition coefficient (Wildman–Crippen LogP) is 2.86. The number of carbonyl (C=O) groups excluding carboxylic acids is 1. The van der Waals surface area contributed by atoms with Crippen molar-refractivity contribution in [1.29, 1.82) is 0 Å². The normalized spacial score (nSPS) is 25.0. The van der Waals surface area contributed by atoms with Crippen LogP contribution >= 0.6 is 0 Å². The molecule has 4 nitrogen and oxygen atoms in total. The lowest BCUT2D eigenvalue weighted by molar-refractivity contribution is 0.107.